The van der Waals surface area contributed by atoms with Gasteiger partial charge in [0, 0.05) is 12.5 Å². The zero-order chi connectivity index (χ0) is 12.8. The summed E-state index contributed by atoms with van der Waals surface area (Å²) in [6, 6.07) is 3.57. The highest BCUT2D eigenvalue weighted by molar-refractivity contribution is 9.11. The van der Waals surface area contributed by atoms with Crippen LogP contribution in [-0.4, -0.2) is 23.0 Å². The third kappa shape index (κ3) is 5.32. The van der Waals surface area contributed by atoms with Crippen molar-refractivity contribution in [1.82, 2.24) is 5.32 Å². The first-order chi connectivity index (χ1) is 7.99. The fourth-order valence-corrected chi connectivity index (χ4v) is 2.65. The number of halogens is 1. The van der Waals surface area contributed by atoms with Gasteiger partial charge in [-0.05, 0) is 47.8 Å². The second-order valence-electron chi connectivity index (χ2n) is 3.76. The average molecular weight is 320 g/mol. The van der Waals surface area contributed by atoms with Gasteiger partial charge in [-0.1, -0.05) is 0 Å². The van der Waals surface area contributed by atoms with Crippen molar-refractivity contribution in [1.29, 1.82) is 0 Å². The van der Waals surface area contributed by atoms with E-state index in [1.165, 1.54) is 11.3 Å². The molecule has 0 aliphatic carbocycles. The van der Waals surface area contributed by atoms with Gasteiger partial charge in [0.05, 0.1) is 8.66 Å². The van der Waals surface area contributed by atoms with Gasteiger partial charge in [0.15, 0.2) is 0 Å². The zero-order valence-electron chi connectivity index (χ0n) is 9.40. The van der Waals surface area contributed by atoms with Gasteiger partial charge in [-0.25, -0.2) is 0 Å². The van der Waals surface area contributed by atoms with Gasteiger partial charge in [0.25, 0.3) is 5.91 Å². The number of hydrogen-bond acceptors (Lipinski definition) is 3. The van der Waals surface area contributed by atoms with Gasteiger partial charge < -0.3 is 10.4 Å². The van der Waals surface area contributed by atoms with E-state index < -0.39 is 5.97 Å². The molecule has 6 heteroatoms. The highest BCUT2D eigenvalue weighted by Crippen LogP contribution is 2.22. The van der Waals surface area contributed by atoms with Crippen LogP contribution in [-0.2, 0) is 4.79 Å². The number of carboxylic acids is 1. The Morgan fingerprint density at radius 1 is 1.53 bits per heavy atom. The molecule has 0 fully saturated rings. The Bertz CT molecular complexity index is 405. The molecule has 1 amide bonds. The van der Waals surface area contributed by atoms with E-state index in [0.29, 0.717) is 17.7 Å². The van der Waals surface area contributed by atoms with Crippen molar-refractivity contribution in [2.24, 2.45) is 0 Å². The molecule has 0 aliphatic rings. The van der Waals surface area contributed by atoms with Gasteiger partial charge >= 0.3 is 5.97 Å². The summed E-state index contributed by atoms with van der Waals surface area (Å²) < 4.78 is 0.918. The summed E-state index contributed by atoms with van der Waals surface area (Å²) in [6.45, 7) is 1.88. The van der Waals surface area contributed by atoms with Gasteiger partial charge in [0.1, 0.15) is 0 Å². The number of carbonyl (C=O) groups is 2. The first-order valence-corrected chi connectivity index (χ1v) is 6.88. The minimum atomic E-state index is -0.800. The lowest BCUT2D eigenvalue weighted by atomic mass is 10.1. The lowest BCUT2D eigenvalue weighted by Gasteiger charge is -2.12. The summed E-state index contributed by atoms with van der Waals surface area (Å²) in [5.74, 6) is -0.908. The molecule has 0 radical (unpaired) electrons. The molecule has 1 rings (SSSR count). The van der Waals surface area contributed by atoms with Crippen molar-refractivity contribution >= 4 is 39.1 Å². The van der Waals surface area contributed by atoms with Gasteiger partial charge in [-0.15, -0.1) is 11.3 Å². The molecule has 94 valence electrons. The summed E-state index contributed by atoms with van der Waals surface area (Å²) in [7, 11) is 0. The number of hydrogen-bond donors (Lipinski definition) is 2. The molecule has 1 heterocycles. The van der Waals surface area contributed by atoms with E-state index in [1.807, 2.05) is 13.0 Å². The topological polar surface area (TPSA) is 66.4 Å². The van der Waals surface area contributed by atoms with Gasteiger partial charge in [-0.2, -0.15) is 0 Å². The van der Waals surface area contributed by atoms with Crippen molar-refractivity contribution < 1.29 is 14.7 Å². The Balaban J connectivity index is 2.33. The first-order valence-electron chi connectivity index (χ1n) is 5.27. The Hall–Kier alpha value is -0.880. The van der Waals surface area contributed by atoms with E-state index >= 15 is 0 Å². The molecule has 0 saturated heterocycles. The van der Waals surface area contributed by atoms with Crippen molar-refractivity contribution in [3.05, 3.63) is 20.8 Å². The van der Waals surface area contributed by atoms with E-state index in [9.17, 15) is 9.59 Å². The molecule has 0 saturated carbocycles. The number of carboxylic acid groups (broad SMARTS) is 1. The second-order valence-corrected chi connectivity index (χ2v) is 6.23. The molecule has 1 aromatic heterocycles. The fraction of sp³-hybridized carbons (Fsp3) is 0.455. The Morgan fingerprint density at radius 2 is 2.24 bits per heavy atom. The molecule has 1 aromatic rings. The predicted molar refractivity (Wildman–Crippen MR) is 70.4 cm³/mol. The molecule has 1 atom stereocenters. The van der Waals surface area contributed by atoms with Crippen molar-refractivity contribution in [2.75, 3.05) is 0 Å². The molecular formula is C11H14BrNO3S. The van der Waals surface area contributed by atoms with Crippen LogP contribution >= 0.6 is 27.3 Å². The number of rotatable bonds is 6. The van der Waals surface area contributed by atoms with E-state index in [-0.39, 0.29) is 18.4 Å². The first kappa shape index (κ1) is 14.2. The van der Waals surface area contributed by atoms with Gasteiger partial charge in [-0.3, -0.25) is 9.59 Å². The molecule has 4 nitrogen and oxygen atoms in total. The van der Waals surface area contributed by atoms with Crippen LogP contribution in [0.5, 0.6) is 0 Å². The molecule has 0 aromatic carbocycles. The molecule has 0 bridgehead atoms. The number of nitrogens with one attached hydrogen (secondary N) is 1. The van der Waals surface area contributed by atoms with Crippen molar-refractivity contribution in [2.45, 2.75) is 32.2 Å². The van der Waals surface area contributed by atoms with Crippen LogP contribution < -0.4 is 5.32 Å². The van der Waals surface area contributed by atoms with E-state index in [1.54, 1.807) is 6.07 Å². The van der Waals surface area contributed by atoms with Crippen LogP contribution in [0.25, 0.3) is 0 Å². The SMILES string of the molecule is CC(CCCC(=O)O)NC(=O)c1ccc(Br)s1. The quantitative estimate of drug-likeness (QED) is 0.847. The second kappa shape index (κ2) is 6.76. The van der Waals surface area contributed by atoms with Crippen LogP contribution in [0.2, 0.25) is 0 Å². The monoisotopic (exact) mass is 319 g/mol. The van der Waals surface area contributed by atoms with Crippen molar-refractivity contribution in [3.8, 4) is 0 Å². The van der Waals surface area contributed by atoms with Crippen LogP contribution in [0.3, 0.4) is 0 Å². The van der Waals surface area contributed by atoms with E-state index in [2.05, 4.69) is 21.2 Å². The summed E-state index contributed by atoms with van der Waals surface area (Å²) in [6.07, 6.45) is 1.39. The minimum absolute atomic E-state index is 0.0114. The third-order valence-corrected chi connectivity index (χ3v) is 3.82. The average Bonchev–Trinajstić information content (AvgIpc) is 2.64. The van der Waals surface area contributed by atoms with Crippen LogP contribution in [0, 0.1) is 0 Å². The van der Waals surface area contributed by atoms with Crippen LogP contribution in [0.4, 0.5) is 0 Å². The molecular weight excluding hydrogens is 306 g/mol. The van der Waals surface area contributed by atoms with E-state index in [0.717, 1.165) is 3.79 Å². The smallest absolute Gasteiger partial charge is 0.303 e. The number of amides is 1. The number of thiophene rings is 1. The maximum Gasteiger partial charge on any atom is 0.303 e. The number of carbonyl (C=O) groups excluding carboxylic acids is 1. The third-order valence-electron chi connectivity index (χ3n) is 2.20. The highest BCUT2D eigenvalue weighted by Gasteiger charge is 2.11. The standard InChI is InChI=1S/C11H14BrNO3S/c1-7(3-2-4-10(14)15)13-11(16)8-5-6-9(12)17-8/h5-7H,2-4H2,1H3,(H,13,16)(H,14,15). The molecule has 1 unspecified atom stereocenters. The van der Waals surface area contributed by atoms with Crippen molar-refractivity contribution in [3.63, 3.8) is 0 Å². The predicted octanol–water partition coefficient (Wildman–Crippen LogP) is 2.88. The summed E-state index contributed by atoms with van der Waals surface area (Å²) in [5.41, 5.74) is 0. The zero-order valence-corrected chi connectivity index (χ0v) is 11.8. The molecule has 2 N–H and O–H groups in total. The Kier molecular flexibility index (Phi) is 5.64. The lowest BCUT2D eigenvalue weighted by Crippen LogP contribution is -2.32. The maximum absolute atomic E-state index is 11.7. The number of aliphatic carboxylic acids is 1. The highest BCUT2D eigenvalue weighted by atomic mass is 79.9. The molecule has 0 spiro atoms. The summed E-state index contributed by atoms with van der Waals surface area (Å²) in [5, 5.41) is 11.3. The summed E-state index contributed by atoms with van der Waals surface area (Å²) >= 11 is 4.67. The normalized spacial score (nSPS) is 12.1. The lowest BCUT2D eigenvalue weighted by molar-refractivity contribution is -0.137. The Morgan fingerprint density at radius 3 is 2.76 bits per heavy atom. The van der Waals surface area contributed by atoms with E-state index in [4.69, 9.17) is 5.11 Å². The van der Waals surface area contributed by atoms with Crippen LogP contribution in [0.1, 0.15) is 35.9 Å². The molecule has 17 heavy (non-hydrogen) atoms. The largest absolute Gasteiger partial charge is 0.481 e. The minimum Gasteiger partial charge on any atom is -0.481 e. The Labute approximate surface area is 112 Å². The van der Waals surface area contributed by atoms with Crippen LogP contribution in [0.15, 0.2) is 15.9 Å². The van der Waals surface area contributed by atoms with Gasteiger partial charge in [0.2, 0.25) is 0 Å². The maximum atomic E-state index is 11.7. The summed E-state index contributed by atoms with van der Waals surface area (Å²) in [4.78, 5) is 22.7. The fourth-order valence-electron chi connectivity index (χ4n) is 1.36. The molecule has 0 aliphatic heterocycles.